The fourth-order valence-electron chi connectivity index (χ4n) is 2.20. The summed E-state index contributed by atoms with van der Waals surface area (Å²) in [5, 5.41) is 0. The highest BCUT2D eigenvalue weighted by Gasteiger charge is 2.66. The van der Waals surface area contributed by atoms with Crippen molar-refractivity contribution in [1.29, 1.82) is 0 Å². The van der Waals surface area contributed by atoms with E-state index in [-0.39, 0.29) is 12.1 Å². The van der Waals surface area contributed by atoms with Gasteiger partial charge in [-0.3, -0.25) is 0 Å². The van der Waals surface area contributed by atoms with E-state index in [1.165, 1.54) is 0 Å². The van der Waals surface area contributed by atoms with E-state index in [1.54, 1.807) is 0 Å². The van der Waals surface area contributed by atoms with Crippen LogP contribution in [0.4, 0.5) is 0 Å². The van der Waals surface area contributed by atoms with E-state index in [0.29, 0.717) is 6.61 Å². The van der Waals surface area contributed by atoms with Gasteiger partial charge >= 0.3 is 5.97 Å². The molecule has 3 heteroatoms. The Morgan fingerprint density at radius 2 is 2.43 bits per heavy atom. The number of fused-ring (bicyclic) bond motifs is 1. The standard InChI is InChI=1S/C11H18O3/c1-2-3-4-8-13-10(12)11-7-5-6-9(11)14-11/h9H,2-8H2,1H3. The molecule has 80 valence electrons. The number of carbonyl (C=O) groups is 1. The number of esters is 1. The van der Waals surface area contributed by atoms with Crippen molar-refractivity contribution < 1.29 is 14.3 Å². The van der Waals surface area contributed by atoms with E-state index in [2.05, 4.69) is 6.92 Å². The Hall–Kier alpha value is -0.570. The van der Waals surface area contributed by atoms with E-state index in [4.69, 9.17) is 9.47 Å². The fourth-order valence-corrected chi connectivity index (χ4v) is 2.20. The van der Waals surface area contributed by atoms with Gasteiger partial charge < -0.3 is 9.47 Å². The fraction of sp³-hybridized carbons (Fsp3) is 0.909. The Morgan fingerprint density at radius 3 is 3.00 bits per heavy atom. The summed E-state index contributed by atoms with van der Waals surface area (Å²) in [7, 11) is 0. The van der Waals surface area contributed by atoms with E-state index >= 15 is 0 Å². The Balaban J connectivity index is 1.69. The Bertz CT molecular complexity index is 227. The predicted molar refractivity (Wildman–Crippen MR) is 51.9 cm³/mol. The zero-order chi connectivity index (χ0) is 10.0. The molecule has 1 saturated carbocycles. The van der Waals surface area contributed by atoms with E-state index in [9.17, 15) is 4.79 Å². The van der Waals surface area contributed by atoms with Crippen molar-refractivity contribution in [3.8, 4) is 0 Å². The molecular formula is C11H18O3. The lowest BCUT2D eigenvalue weighted by Gasteiger charge is -2.08. The monoisotopic (exact) mass is 198 g/mol. The zero-order valence-electron chi connectivity index (χ0n) is 8.75. The van der Waals surface area contributed by atoms with Crippen LogP contribution < -0.4 is 0 Å². The molecule has 0 amide bonds. The lowest BCUT2D eigenvalue weighted by molar-refractivity contribution is -0.150. The number of hydrogen-bond donors (Lipinski definition) is 0. The number of carbonyl (C=O) groups excluding carboxylic acids is 1. The van der Waals surface area contributed by atoms with Gasteiger partial charge in [-0.25, -0.2) is 4.79 Å². The number of ether oxygens (including phenoxy) is 2. The van der Waals surface area contributed by atoms with Gasteiger partial charge in [-0.2, -0.15) is 0 Å². The van der Waals surface area contributed by atoms with Gasteiger partial charge in [0.1, 0.15) is 0 Å². The van der Waals surface area contributed by atoms with Crippen LogP contribution in [0.2, 0.25) is 0 Å². The Labute approximate surface area is 84.8 Å². The van der Waals surface area contributed by atoms with Gasteiger partial charge in [0, 0.05) is 0 Å². The Kier molecular flexibility index (Phi) is 2.77. The number of hydrogen-bond acceptors (Lipinski definition) is 3. The summed E-state index contributed by atoms with van der Waals surface area (Å²) >= 11 is 0. The maximum Gasteiger partial charge on any atom is 0.341 e. The first-order valence-corrected chi connectivity index (χ1v) is 5.64. The van der Waals surface area contributed by atoms with Crippen LogP contribution in [0.3, 0.4) is 0 Å². The summed E-state index contributed by atoms with van der Waals surface area (Å²) in [6.45, 7) is 2.70. The van der Waals surface area contributed by atoms with Crippen molar-refractivity contribution in [3.05, 3.63) is 0 Å². The van der Waals surface area contributed by atoms with Crippen LogP contribution in [0.25, 0.3) is 0 Å². The summed E-state index contributed by atoms with van der Waals surface area (Å²) < 4.78 is 10.6. The van der Waals surface area contributed by atoms with Crippen LogP contribution in [-0.2, 0) is 14.3 Å². The molecule has 2 fully saturated rings. The highest BCUT2D eigenvalue weighted by atomic mass is 16.7. The third-order valence-electron chi connectivity index (χ3n) is 3.16. The number of rotatable bonds is 5. The minimum absolute atomic E-state index is 0.115. The van der Waals surface area contributed by atoms with Gasteiger partial charge in [-0.15, -0.1) is 0 Å². The van der Waals surface area contributed by atoms with Crippen molar-refractivity contribution in [3.63, 3.8) is 0 Å². The predicted octanol–water partition coefficient (Wildman–Crippen LogP) is 2.04. The van der Waals surface area contributed by atoms with Crippen LogP contribution in [0.5, 0.6) is 0 Å². The van der Waals surface area contributed by atoms with Crippen molar-refractivity contribution in [2.24, 2.45) is 0 Å². The first-order chi connectivity index (χ1) is 6.79. The van der Waals surface area contributed by atoms with Gasteiger partial charge in [-0.1, -0.05) is 19.8 Å². The molecule has 1 saturated heterocycles. The number of unbranched alkanes of at least 4 members (excludes halogenated alkanes) is 2. The summed E-state index contributed by atoms with van der Waals surface area (Å²) in [6, 6.07) is 0. The highest BCUT2D eigenvalue weighted by Crippen LogP contribution is 2.50. The molecule has 0 bridgehead atoms. The quantitative estimate of drug-likeness (QED) is 0.385. The normalized spacial score (nSPS) is 33.9. The first-order valence-electron chi connectivity index (χ1n) is 5.64. The second kappa shape index (κ2) is 3.89. The topological polar surface area (TPSA) is 38.8 Å². The SMILES string of the molecule is CCCCCOC(=O)C12CCCC1O2. The molecule has 0 aromatic rings. The molecule has 0 aromatic heterocycles. The molecule has 1 heterocycles. The molecule has 2 rings (SSSR count). The maximum absolute atomic E-state index is 11.6. The second-order valence-electron chi connectivity index (χ2n) is 4.23. The molecule has 1 aliphatic heterocycles. The van der Waals surface area contributed by atoms with Crippen LogP contribution in [0.15, 0.2) is 0 Å². The van der Waals surface area contributed by atoms with E-state index in [1.807, 2.05) is 0 Å². The third-order valence-corrected chi connectivity index (χ3v) is 3.16. The molecule has 0 radical (unpaired) electrons. The summed E-state index contributed by atoms with van der Waals surface area (Å²) in [5.74, 6) is -0.115. The molecule has 3 nitrogen and oxygen atoms in total. The molecule has 14 heavy (non-hydrogen) atoms. The Morgan fingerprint density at radius 1 is 1.57 bits per heavy atom. The van der Waals surface area contributed by atoms with Crippen LogP contribution in [0, 0.1) is 0 Å². The summed E-state index contributed by atoms with van der Waals surface area (Å²) in [5.41, 5.74) is -0.494. The molecule has 0 spiro atoms. The molecule has 2 atom stereocenters. The van der Waals surface area contributed by atoms with Crippen LogP contribution >= 0.6 is 0 Å². The van der Waals surface area contributed by atoms with Gasteiger partial charge in [0.15, 0.2) is 5.60 Å². The molecule has 2 aliphatic rings. The molecular weight excluding hydrogens is 180 g/mol. The zero-order valence-corrected chi connectivity index (χ0v) is 8.75. The first kappa shape index (κ1) is 9.97. The van der Waals surface area contributed by atoms with Crippen LogP contribution in [0.1, 0.15) is 45.4 Å². The van der Waals surface area contributed by atoms with Gasteiger partial charge in [0.05, 0.1) is 12.7 Å². The molecule has 1 aliphatic carbocycles. The van der Waals surface area contributed by atoms with Gasteiger partial charge in [0.2, 0.25) is 0 Å². The maximum atomic E-state index is 11.6. The largest absolute Gasteiger partial charge is 0.463 e. The molecule has 2 unspecified atom stereocenters. The molecule has 0 N–H and O–H groups in total. The van der Waals surface area contributed by atoms with Crippen molar-refractivity contribution >= 4 is 5.97 Å². The summed E-state index contributed by atoms with van der Waals surface area (Å²) in [6.07, 6.45) is 6.44. The lowest BCUT2D eigenvalue weighted by Crippen LogP contribution is -2.26. The minimum atomic E-state index is -0.494. The van der Waals surface area contributed by atoms with Crippen molar-refractivity contribution in [2.75, 3.05) is 6.61 Å². The van der Waals surface area contributed by atoms with Gasteiger partial charge in [0.25, 0.3) is 0 Å². The van der Waals surface area contributed by atoms with Crippen LogP contribution in [-0.4, -0.2) is 24.3 Å². The second-order valence-corrected chi connectivity index (χ2v) is 4.23. The average Bonchev–Trinajstić information content (AvgIpc) is 2.77. The van der Waals surface area contributed by atoms with Crippen molar-refractivity contribution in [1.82, 2.24) is 0 Å². The van der Waals surface area contributed by atoms with Gasteiger partial charge in [-0.05, 0) is 25.7 Å². The number of epoxide rings is 1. The van der Waals surface area contributed by atoms with E-state index < -0.39 is 5.60 Å². The summed E-state index contributed by atoms with van der Waals surface area (Å²) in [4.78, 5) is 11.6. The lowest BCUT2D eigenvalue weighted by atomic mass is 10.1. The smallest absolute Gasteiger partial charge is 0.341 e. The minimum Gasteiger partial charge on any atom is -0.463 e. The van der Waals surface area contributed by atoms with E-state index in [0.717, 1.165) is 38.5 Å². The third kappa shape index (κ3) is 1.65. The highest BCUT2D eigenvalue weighted by molar-refractivity contribution is 5.84. The van der Waals surface area contributed by atoms with Crippen molar-refractivity contribution in [2.45, 2.75) is 57.2 Å². The average molecular weight is 198 g/mol. The molecule has 0 aromatic carbocycles.